The van der Waals surface area contributed by atoms with Crippen LogP contribution in [-0.2, 0) is 14.3 Å². The minimum Gasteiger partial charge on any atom is -0.381 e. The first kappa shape index (κ1) is 13.1. The number of carbonyl (C=O) groups excluding carboxylic acids is 1. The molecule has 0 unspecified atom stereocenters. The van der Waals surface area contributed by atoms with Gasteiger partial charge in [0.25, 0.3) is 0 Å². The SMILES string of the molecule is Cc1cccc(NC(=O)COC2CCOCC2)c1. The summed E-state index contributed by atoms with van der Waals surface area (Å²) in [6.45, 7) is 3.56. The van der Waals surface area contributed by atoms with Gasteiger partial charge in [0.05, 0.1) is 6.10 Å². The molecule has 0 aliphatic carbocycles. The van der Waals surface area contributed by atoms with Crippen molar-refractivity contribution < 1.29 is 14.3 Å². The van der Waals surface area contributed by atoms with Gasteiger partial charge >= 0.3 is 0 Å². The zero-order valence-electron chi connectivity index (χ0n) is 10.6. The van der Waals surface area contributed by atoms with Gasteiger partial charge in [0, 0.05) is 18.9 Å². The smallest absolute Gasteiger partial charge is 0.250 e. The van der Waals surface area contributed by atoms with E-state index in [1.54, 1.807) is 0 Å². The normalized spacial score (nSPS) is 16.5. The lowest BCUT2D eigenvalue weighted by Crippen LogP contribution is -2.28. The minimum absolute atomic E-state index is 0.105. The van der Waals surface area contributed by atoms with Crippen LogP contribution in [0.4, 0.5) is 5.69 Å². The molecule has 1 aromatic carbocycles. The average molecular weight is 249 g/mol. The minimum atomic E-state index is -0.105. The second kappa shape index (κ2) is 6.52. The number of hydrogen-bond donors (Lipinski definition) is 1. The van der Waals surface area contributed by atoms with Crippen LogP contribution in [-0.4, -0.2) is 31.8 Å². The van der Waals surface area contributed by atoms with Crippen LogP contribution in [0.1, 0.15) is 18.4 Å². The van der Waals surface area contributed by atoms with E-state index in [0.717, 1.165) is 37.3 Å². The molecule has 1 N–H and O–H groups in total. The molecule has 4 heteroatoms. The fourth-order valence-corrected chi connectivity index (χ4v) is 1.96. The first-order valence-electron chi connectivity index (χ1n) is 6.30. The first-order valence-corrected chi connectivity index (χ1v) is 6.30. The van der Waals surface area contributed by atoms with E-state index in [2.05, 4.69) is 5.32 Å². The summed E-state index contributed by atoms with van der Waals surface area (Å²) < 4.78 is 10.8. The molecule has 18 heavy (non-hydrogen) atoms. The molecule has 1 aliphatic rings. The number of anilines is 1. The molecular weight excluding hydrogens is 230 g/mol. The second-order valence-electron chi connectivity index (χ2n) is 4.54. The van der Waals surface area contributed by atoms with Crippen LogP contribution in [0.2, 0.25) is 0 Å². The number of hydrogen-bond acceptors (Lipinski definition) is 3. The Hall–Kier alpha value is -1.39. The highest BCUT2D eigenvalue weighted by molar-refractivity contribution is 5.91. The van der Waals surface area contributed by atoms with E-state index in [9.17, 15) is 4.79 Å². The van der Waals surface area contributed by atoms with E-state index >= 15 is 0 Å². The molecule has 1 amide bonds. The van der Waals surface area contributed by atoms with Gasteiger partial charge in [-0.25, -0.2) is 0 Å². The van der Waals surface area contributed by atoms with Crippen molar-refractivity contribution in [2.45, 2.75) is 25.9 Å². The zero-order chi connectivity index (χ0) is 12.8. The fraction of sp³-hybridized carbons (Fsp3) is 0.500. The molecule has 2 rings (SSSR count). The van der Waals surface area contributed by atoms with Gasteiger partial charge in [0.1, 0.15) is 6.61 Å². The predicted octanol–water partition coefficient (Wildman–Crippen LogP) is 2.13. The van der Waals surface area contributed by atoms with E-state index in [1.807, 2.05) is 31.2 Å². The maximum Gasteiger partial charge on any atom is 0.250 e. The average Bonchev–Trinajstić information content (AvgIpc) is 2.38. The van der Waals surface area contributed by atoms with Gasteiger partial charge in [0.2, 0.25) is 5.91 Å². The van der Waals surface area contributed by atoms with Crippen molar-refractivity contribution in [3.05, 3.63) is 29.8 Å². The number of rotatable bonds is 4. The lowest BCUT2D eigenvalue weighted by Gasteiger charge is -2.22. The number of aryl methyl sites for hydroxylation is 1. The monoisotopic (exact) mass is 249 g/mol. The molecule has 1 fully saturated rings. The summed E-state index contributed by atoms with van der Waals surface area (Å²) in [5, 5.41) is 2.83. The summed E-state index contributed by atoms with van der Waals surface area (Å²) in [4.78, 5) is 11.7. The molecule has 0 saturated carbocycles. The Kier molecular flexibility index (Phi) is 4.73. The number of amides is 1. The predicted molar refractivity (Wildman–Crippen MR) is 69.6 cm³/mol. The van der Waals surface area contributed by atoms with Crippen LogP contribution < -0.4 is 5.32 Å². The van der Waals surface area contributed by atoms with Crippen molar-refractivity contribution in [2.75, 3.05) is 25.1 Å². The van der Waals surface area contributed by atoms with Crippen LogP contribution >= 0.6 is 0 Å². The Bertz CT molecular complexity index is 400. The second-order valence-corrected chi connectivity index (χ2v) is 4.54. The highest BCUT2D eigenvalue weighted by Crippen LogP contribution is 2.12. The number of carbonyl (C=O) groups is 1. The summed E-state index contributed by atoms with van der Waals surface area (Å²) >= 11 is 0. The number of benzene rings is 1. The number of ether oxygens (including phenoxy) is 2. The Morgan fingerprint density at radius 3 is 2.94 bits per heavy atom. The quantitative estimate of drug-likeness (QED) is 0.889. The van der Waals surface area contributed by atoms with Gasteiger partial charge < -0.3 is 14.8 Å². The van der Waals surface area contributed by atoms with Crippen LogP contribution in [0.5, 0.6) is 0 Å². The van der Waals surface area contributed by atoms with Gasteiger partial charge in [-0.2, -0.15) is 0 Å². The third-order valence-corrected chi connectivity index (χ3v) is 2.92. The Morgan fingerprint density at radius 2 is 2.22 bits per heavy atom. The van der Waals surface area contributed by atoms with Crippen molar-refractivity contribution in [1.82, 2.24) is 0 Å². The Labute approximate surface area is 107 Å². The molecule has 0 bridgehead atoms. The molecule has 1 aromatic rings. The highest BCUT2D eigenvalue weighted by atomic mass is 16.5. The molecule has 4 nitrogen and oxygen atoms in total. The summed E-state index contributed by atoms with van der Waals surface area (Å²) in [6, 6.07) is 7.73. The fourth-order valence-electron chi connectivity index (χ4n) is 1.96. The Balaban J connectivity index is 1.74. The van der Waals surface area contributed by atoms with Gasteiger partial charge in [-0.05, 0) is 37.5 Å². The van der Waals surface area contributed by atoms with Crippen LogP contribution in [0.3, 0.4) is 0 Å². The number of nitrogens with one attached hydrogen (secondary N) is 1. The standard InChI is InChI=1S/C14H19NO3/c1-11-3-2-4-12(9-11)15-14(16)10-18-13-5-7-17-8-6-13/h2-4,9,13H,5-8,10H2,1H3,(H,15,16). The Morgan fingerprint density at radius 1 is 1.44 bits per heavy atom. The topological polar surface area (TPSA) is 47.6 Å². The lowest BCUT2D eigenvalue weighted by atomic mass is 10.1. The molecule has 1 aliphatic heterocycles. The van der Waals surface area contributed by atoms with E-state index in [0.29, 0.717) is 0 Å². The van der Waals surface area contributed by atoms with Crippen molar-refractivity contribution in [3.8, 4) is 0 Å². The van der Waals surface area contributed by atoms with E-state index < -0.39 is 0 Å². The van der Waals surface area contributed by atoms with Gasteiger partial charge in [0.15, 0.2) is 0 Å². The van der Waals surface area contributed by atoms with Gasteiger partial charge in [-0.3, -0.25) is 4.79 Å². The largest absolute Gasteiger partial charge is 0.381 e. The maximum atomic E-state index is 11.7. The zero-order valence-corrected chi connectivity index (χ0v) is 10.6. The van der Waals surface area contributed by atoms with Gasteiger partial charge in [-0.1, -0.05) is 12.1 Å². The van der Waals surface area contributed by atoms with Gasteiger partial charge in [-0.15, -0.1) is 0 Å². The summed E-state index contributed by atoms with van der Waals surface area (Å²) in [5.74, 6) is -0.105. The highest BCUT2D eigenvalue weighted by Gasteiger charge is 2.15. The van der Waals surface area contributed by atoms with Crippen molar-refractivity contribution in [1.29, 1.82) is 0 Å². The van der Waals surface area contributed by atoms with Crippen LogP contribution in [0.25, 0.3) is 0 Å². The third-order valence-electron chi connectivity index (χ3n) is 2.92. The van der Waals surface area contributed by atoms with Crippen molar-refractivity contribution >= 4 is 11.6 Å². The van der Waals surface area contributed by atoms with E-state index in [1.165, 1.54) is 0 Å². The third kappa shape index (κ3) is 4.13. The van der Waals surface area contributed by atoms with E-state index in [-0.39, 0.29) is 18.6 Å². The van der Waals surface area contributed by atoms with Crippen molar-refractivity contribution in [3.63, 3.8) is 0 Å². The summed E-state index contributed by atoms with van der Waals surface area (Å²) in [6.07, 6.45) is 1.90. The summed E-state index contributed by atoms with van der Waals surface area (Å²) in [5.41, 5.74) is 1.94. The molecule has 0 spiro atoms. The molecule has 1 saturated heterocycles. The van der Waals surface area contributed by atoms with Crippen LogP contribution in [0.15, 0.2) is 24.3 Å². The lowest BCUT2D eigenvalue weighted by molar-refractivity contribution is -0.124. The van der Waals surface area contributed by atoms with E-state index in [4.69, 9.17) is 9.47 Å². The molecule has 98 valence electrons. The molecule has 0 aromatic heterocycles. The van der Waals surface area contributed by atoms with Crippen molar-refractivity contribution in [2.24, 2.45) is 0 Å². The maximum absolute atomic E-state index is 11.7. The molecule has 1 heterocycles. The first-order chi connectivity index (χ1) is 8.74. The molecule has 0 radical (unpaired) electrons. The molecule has 0 atom stereocenters. The summed E-state index contributed by atoms with van der Waals surface area (Å²) in [7, 11) is 0. The van der Waals surface area contributed by atoms with Crippen LogP contribution in [0, 0.1) is 6.92 Å². The molecular formula is C14H19NO3.